The van der Waals surface area contributed by atoms with Crippen molar-refractivity contribution in [3.05, 3.63) is 64.6 Å². The molecule has 2 N–H and O–H groups in total. The lowest BCUT2D eigenvalue weighted by molar-refractivity contribution is 0.0964. The van der Waals surface area contributed by atoms with Crippen LogP contribution in [0, 0.1) is 6.92 Å². The van der Waals surface area contributed by atoms with Gasteiger partial charge in [-0.25, -0.2) is 9.59 Å². The molecule has 0 aliphatic carbocycles. The van der Waals surface area contributed by atoms with Gasteiger partial charge in [-0.3, -0.25) is 9.88 Å². The van der Waals surface area contributed by atoms with Crippen molar-refractivity contribution in [3.8, 4) is 0 Å². The lowest BCUT2D eigenvalue weighted by Gasteiger charge is -2.18. The van der Waals surface area contributed by atoms with Crippen LogP contribution in [0.1, 0.15) is 18.4 Å². The van der Waals surface area contributed by atoms with Gasteiger partial charge in [0.1, 0.15) is 5.82 Å². The Morgan fingerprint density at radius 1 is 1.21 bits per heavy atom. The van der Waals surface area contributed by atoms with Gasteiger partial charge in [-0.2, -0.15) is 4.98 Å². The van der Waals surface area contributed by atoms with E-state index < -0.39 is 11.7 Å². The molecule has 0 spiro atoms. The molecule has 28 heavy (non-hydrogen) atoms. The number of aryl methyl sites for hydroxylation is 1. The van der Waals surface area contributed by atoms with E-state index in [1.807, 2.05) is 49.4 Å². The third kappa shape index (κ3) is 3.89. The fraction of sp³-hybridized carbons (Fsp3) is 0.286. The van der Waals surface area contributed by atoms with Gasteiger partial charge in [0, 0.05) is 17.7 Å². The van der Waals surface area contributed by atoms with E-state index in [0.29, 0.717) is 35.6 Å². The van der Waals surface area contributed by atoms with Gasteiger partial charge in [-0.05, 0) is 49.6 Å². The zero-order valence-electron chi connectivity index (χ0n) is 15.6. The van der Waals surface area contributed by atoms with Crippen molar-refractivity contribution in [3.63, 3.8) is 0 Å². The van der Waals surface area contributed by atoms with Crippen LogP contribution < -0.4 is 16.3 Å². The van der Waals surface area contributed by atoms with Crippen LogP contribution in [-0.4, -0.2) is 28.3 Å². The molecule has 0 saturated carbocycles. The summed E-state index contributed by atoms with van der Waals surface area (Å²) in [4.78, 5) is 29.5. The number of nitrogens with zero attached hydrogens (tertiary/aromatic N) is 2. The highest BCUT2D eigenvalue weighted by Crippen LogP contribution is 2.23. The Hall–Kier alpha value is -3.19. The van der Waals surface area contributed by atoms with E-state index in [-0.39, 0.29) is 6.10 Å². The predicted octanol–water partition coefficient (Wildman–Crippen LogP) is 3.53. The quantitative estimate of drug-likeness (QED) is 0.727. The average molecular weight is 378 g/mol. The van der Waals surface area contributed by atoms with E-state index >= 15 is 0 Å². The highest BCUT2D eigenvalue weighted by atomic mass is 16.5. The summed E-state index contributed by atoms with van der Waals surface area (Å²) in [5, 5.41) is 6.38. The molecule has 144 valence electrons. The second-order valence-electron chi connectivity index (χ2n) is 6.95. The number of ether oxygens (including phenoxy) is 1. The van der Waals surface area contributed by atoms with E-state index in [1.165, 1.54) is 4.57 Å². The van der Waals surface area contributed by atoms with E-state index in [9.17, 15) is 9.59 Å². The van der Waals surface area contributed by atoms with Crippen LogP contribution in [0.15, 0.2) is 53.3 Å². The largest absolute Gasteiger partial charge is 0.376 e. The van der Waals surface area contributed by atoms with Crippen LogP contribution in [0.2, 0.25) is 0 Å². The molecule has 1 saturated heterocycles. The summed E-state index contributed by atoms with van der Waals surface area (Å²) in [6, 6.07) is 14.4. The van der Waals surface area contributed by atoms with Gasteiger partial charge < -0.3 is 10.1 Å². The molecule has 0 unspecified atom stereocenters. The first-order valence-electron chi connectivity index (χ1n) is 9.36. The molecule has 0 bridgehead atoms. The number of rotatable bonds is 4. The van der Waals surface area contributed by atoms with Crippen molar-refractivity contribution in [2.75, 3.05) is 17.2 Å². The Labute approximate surface area is 162 Å². The van der Waals surface area contributed by atoms with Gasteiger partial charge in [0.15, 0.2) is 0 Å². The number of benzene rings is 2. The fourth-order valence-corrected chi connectivity index (χ4v) is 3.46. The lowest BCUT2D eigenvalue weighted by Crippen LogP contribution is -2.33. The SMILES string of the molecule is Cc1cccc(NC(=O)Nc2c3ccccc3nc(=O)n2C[C@H]2CCCO2)c1. The van der Waals surface area contributed by atoms with Gasteiger partial charge in [-0.15, -0.1) is 0 Å². The summed E-state index contributed by atoms with van der Waals surface area (Å²) in [5.74, 6) is 0.427. The lowest BCUT2D eigenvalue weighted by atomic mass is 10.2. The van der Waals surface area contributed by atoms with Crippen LogP contribution in [-0.2, 0) is 11.3 Å². The number of hydrogen-bond donors (Lipinski definition) is 2. The minimum absolute atomic E-state index is 0.0546. The van der Waals surface area contributed by atoms with Crippen LogP contribution >= 0.6 is 0 Å². The Morgan fingerprint density at radius 3 is 2.86 bits per heavy atom. The van der Waals surface area contributed by atoms with Crippen LogP contribution in [0.5, 0.6) is 0 Å². The van der Waals surface area contributed by atoms with Crippen LogP contribution in [0.4, 0.5) is 16.3 Å². The first-order chi connectivity index (χ1) is 13.6. The fourth-order valence-electron chi connectivity index (χ4n) is 3.46. The number of carbonyl (C=O) groups is 1. The van der Waals surface area contributed by atoms with Crippen LogP contribution in [0.25, 0.3) is 10.9 Å². The molecule has 1 atom stereocenters. The Kier molecular flexibility index (Phi) is 5.08. The molecule has 0 radical (unpaired) electrons. The van der Waals surface area contributed by atoms with Crippen molar-refractivity contribution >= 4 is 28.4 Å². The van der Waals surface area contributed by atoms with E-state index in [2.05, 4.69) is 15.6 Å². The Bertz CT molecular complexity index is 1070. The number of para-hydroxylation sites is 1. The second-order valence-corrected chi connectivity index (χ2v) is 6.95. The average Bonchev–Trinajstić information content (AvgIpc) is 3.18. The molecule has 1 fully saturated rings. The number of fused-ring (bicyclic) bond motifs is 1. The maximum atomic E-state index is 12.7. The van der Waals surface area contributed by atoms with E-state index in [4.69, 9.17) is 4.74 Å². The number of carbonyl (C=O) groups excluding carboxylic acids is 1. The van der Waals surface area contributed by atoms with E-state index in [0.717, 1.165) is 18.4 Å². The third-order valence-corrected chi connectivity index (χ3v) is 4.79. The van der Waals surface area contributed by atoms with E-state index in [1.54, 1.807) is 6.07 Å². The maximum absolute atomic E-state index is 12.7. The highest BCUT2D eigenvalue weighted by molar-refractivity contribution is 6.04. The van der Waals surface area contributed by atoms with Crippen molar-refractivity contribution in [1.29, 1.82) is 0 Å². The highest BCUT2D eigenvalue weighted by Gasteiger charge is 2.21. The van der Waals surface area contributed by atoms with Gasteiger partial charge in [0.2, 0.25) is 0 Å². The summed E-state index contributed by atoms with van der Waals surface area (Å²) in [6.07, 6.45) is 1.80. The van der Waals surface area contributed by atoms with Gasteiger partial charge in [-0.1, -0.05) is 24.3 Å². The minimum atomic E-state index is -0.414. The normalized spacial score (nSPS) is 16.2. The molecular weight excluding hydrogens is 356 g/mol. The molecule has 3 aromatic rings. The standard InChI is InChI=1S/C21H22N4O3/c1-14-6-4-7-15(12-14)22-20(26)24-19-17-9-2-3-10-18(17)23-21(27)25(19)13-16-8-5-11-28-16/h2-4,6-7,9-10,12,16H,5,8,11,13H2,1H3,(H2,22,24,26)/t16-/m1/s1. The monoisotopic (exact) mass is 378 g/mol. The first kappa shape index (κ1) is 18.2. The molecule has 2 heterocycles. The predicted molar refractivity (Wildman–Crippen MR) is 109 cm³/mol. The van der Waals surface area contributed by atoms with Gasteiger partial charge >= 0.3 is 11.7 Å². The summed E-state index contributed by atoms with van der Waals surface area (Å²) in [6.45, 7) is 3.01. The number of aromatic nitrogens is 2. The minimum Gasteiger partial charge on any atom is -0.376 e. The zero-order chi connectivity index (χ0) is 19.5. The van der Waals surface area contributed by atoms with Crippen molar-refractivity contribution in [2.45, 2.75) is 32.4 Å². The Balaban J connectivity index is 1.68. The summed E-state index contributed by atoms with van der Waals surface area (Å²) in [7, 11) is 0. The van der Waals surface area contributed by atoms with Crippen molar-refractivity contribution < 1.29 is 9.53 Å². The molecule has 2 aromatic carbocycles. The molecule has 1 aliphatic rings. The van der Waals surface area contributed by atoms with Crippen molar-refractivity contribution in [2.24, 2.45) is 0 Å². The smallest absolute Gasteiger partial charge is 0.349 e. The number of nitrogens with one attached hydrogen (secondary N) is 2. The topological polar surface area (TPSA) is 85.3 Å². The third-order valence-electron chi connectivity index (χ3n) is 4.79. The molecule has 1 aromatic heterocycles. The molecule has 2 amide bonds. The van der Waals surface area contributed by atoms with Gasteiger partial charge in [0.25, 0.3) is 0 Å². The van der Waals surface area contributed by atoms with Crippen LogP contribution in [0.3, 0.4) is 0 Å². The summed E-state index contributed by atoms with van der Waals surface area (Å²) < 4.78 is 7.17. The number of anilines is 2. The second kappa shape index (κ2) is 7.82. The molecule has 1 aliphatic heterocycles. The Morgan fingerprint density at radius 2 is 2.07 bits per heavy atom. The number of urea groups is 1. The summed E-state index contributed by atoms with van der Waals surface area (Å²) in [5.41, 5.74) is 1.87. The van der Waals surface area contributed by atoms with Crippen molar-refractivity contribution in [1.82, 2.24) is 9.55 Å². The number of hydrogen-bond acceptors (Lipinski definition) is 4. The number of amides is 2. The molecule has 7 nitrogen and oxygen atoms in total. The first-order valence-corrected chi connectivity index (χ1v) is 9.36. The summed E-state index contributed by atoms with van der Waals surface area (Å²) >= 11 is 0. The molecule has 4 rings (SSSR count). The van der Waals surface area contributed by atoms with Gasteiger partial charge in [0.05, 0.1) is 18.2 Å². The maximum Gasteiger partial charge on any atom is 0.349 e. The molecule has 7 heteroatoms. The molecular formula is C21H22N4O3. The zero-order valence-corrected chi connectivity index (χ0v) is 15.6.